The number of aromatic nitrogens is 2. The number of nitrogens with zero attached hydrogens (tertiary/aromatic N) is 2. The second kappa shape index (κ2) is 7.62. The van der Waals surface area contributed by atoms with Gasteiger partial charge in [-0.1, -0.05) is 33.6 Å². The second-order valence-corrected chi connectivity index (χ2v) is 6.57. The summed E-state index contributed by atoms with van der Waals surface area (Å²) in [4.78, 5) is 8.83. The summed E-state index contributed by atoms with van der Waals surface area (Å²) >= 11 is 0. The summed E-state index contributed by atoms with van der Waals surface area (Å²) in [5.41, 5.74) is 1.14. The fourth-order valence-electron chi connectivity index (χ4n) is 3.33. The van der Waals surface area contributed by atoms with E-state index in [1.165, 1.54) is 25.7 Å². The Morgan fingerprint density at radius 1 is 1.19 bits per heavy atom. The van der Waals surface area contributed by atoms with E-state index in [0.29, 0.717) is 6.04 Å². The van der Waals surface area contributed by atoms with Crippen LogP contribution in [0.4, 0.5) is 11.6 Å². The van der Waals surface area contributed by atoms with Crippen LogP contribution in [-0.2, 0) is 0 Å². The van der Waals surface area contributed by atoms with Gasteiger partial charge in [0.25, 0.3) is 0 Å². The molecule has 2 atom stereocenters. The van der Waals surface area contributed by atoms with E-state index in [1.807, 2.05) is 0 Å². The predicted octanol–water partition coefficient (Wildman–Crippen LogP) is 4.23. The molecule has 4 nitrogen and oxygen atoms in total. The molecule has 21 heavy (non-hydrogen) atoms. The van der Waals surface area contributed by atoms with Crippen molar-refractivity contribution in [1.82, 2.24) is 9.97 Å². The van der Waals surface area contributed by atoms with Crippen LogP contribution in [0.3, 0.4) is 0 Å². The fourth-order valence-corrected chi connectivity index (χ4v) is 3.33. The first-order chi connectivity index (χ1) is 10.1. The lowest BCUT2D eigenvalue weighted by molar-refractivity contribution is 0.253. The molecule has 2 N–H and O–H groups in total. The Bertz CT molecular complexity index is 444. The molecule has 0 aromatic carbocycles. The molecule has 2 rings (SSSR count). The van der Waals surface area contributed by atoms with Crippen molar-refractivity contribution >= 4 is 11.6 Å². The Kier molecular flexibility index (Phi) is 5.83. The van der Waals surface area contributed by atoms with Crippen molar-refractivity contribution in [3.63, 3.8) is 0 Å². The first-order valence-corrected chi connectivity index (χ1v) is 8.45. The van der Waals surface area contributed by atoms with E-state index in [4.69, 9.17) is 0 Å². The predicted molar refractivity (Wildman–Crippen MR) is 89.8 cm³/mol. The van der Waals surface area contributed by atoms with Gasteiger partial charge in [0.2, 0.25) is 0 Å². The quantitative estimate of drug-likeness (QED) is 0.823. The smallest absolute Gasteiger partial charge is 0.134 e. The summed E-state index contributed by atoms with van der Waals surface area (Å²) in [6.07, 6.45) is 8.05. The van der Waals surface area contributed by atoms with Gasteiger partial charge in [-0.3, -0.25) is 0 Å². The van der Waals surface area contributed by atoms with Gasteiger partial charge in [0, 0.05) is 18.2 Å². The Labute approximate surface area is 129 Å². The van der Waals surface area contributed by atoms with E-state index >= 15 is 0 Å². The van der Waals surface area contributed by atoms with Gasteiger partial charge >= 0.3 is 0 Å². The van der Waals surface area contributed by atoms with Gasteiger partial charge in [-0.25, -0.2) is 9.97 Å². The van der Waals surface area contributed by atoms with Crippen molar-refractivity contribution in [3.8, 4) is 0 Å². The molecule has 2 unspecified atom stereocenters. The summed E-state index contributed by atoms with van der Waals surface area (Å²) in [6, 6.07) is 0.548. The maximum Gasteiger partial charge on any atom is 0.134 e. The van der Waals surface area contributed by atoms with Crippen LogP contribution in [-0.4, -0.2) is 22.6 Å². The molecule has 1 fully saturated rings. The Balaban J connectivity index is 2.10. The summed E-state index contributed by atoms with van der Waals surface area (Å²) in [6.45, 7) is 9.90. The van der Waals surface area contributed by atoms with Crippen molar-refractivity contribution in [1.29, 1.82) is 0 Å². The highest BCUT2D eigenvalue weighted by Gasteiger charge is 2.28. The maximum atomic E-state index is 4.47. The van der Waals surface area contributed by atoms with Gasteiger partial charge in [-0.15, -0.1) is 0 Å². The van der Waals surface area contributed by atoms with E-state index in [9.17, 15) is 0 Å². The second-order valence-electron chi connectivity index (χ2n) is 6.57. The molecule has 1 aromatic heterocycles. The Morgan fingerprint density at radius 2 is 1.90 bits per heavy atom. The summed E-state index contributed by atoms with van der Waals surface area (Å²) in [5, 5.41) is 7.09. The molecule has 1 aromatic rings. The summed E-state index contributed by atoms with van der Waals surface area (Å²) in [7, 11) is 0. The molecule has 4 heteroatoms. The molecule has 0 amide bonds. The molecular formula is C17H30N4. The first kappa shape index (κ1) is 16.1. The van der Waals surface area contributed by atoms with Gasteiger partial charge in [-0.2, -0.15) is 0 Å². The fraction of sp³-hybridized carbons (Fsp3) is 0.765. The third-order valence-corrected chi connectivity index (χ3v) is 4.62. The Hall–Kier alpha value is -1.32. The minimum atomic E-state index is 0.548. The van der Waals surface area contributed by atoms with Crippen LogP contribution in [0.15, 0.2) is 6.33 Å². The third kappa shape index (κ3) is 4.08. The van der Waals surface area contributed by atoms with Crippen molar-refractivity contribution in [3.05, 3.63) is 11.9 Å². The topological polar surface area (TPSA) is 49.8 Å². The SMILES string of the molecule is CCCNc1ncnc(NC2CCCCC2C(C)C)c1C. The maximum absolute atomic E-state index is 4.47. The van der Waals surface area contributed by atoms with Crippen molar-refractivity contribution in [2.75, 3.05) is 17.2 Å². The zero-order chi connectivity index (χ0) is 15.2. The average molecular weight is 290 g/mol. The summed E-state index contributed by atoms with van der Waals surface area (Å²) < 4.78 is 0. The third-order valence-electron chi connectivity index (χ3n) is 4.62. The van der Waals surface area contributed by atoms with Gasteiger partial charge in [0.05, 0.1) is 0 Å². The van der Waals surface area contributed by atoms with Gasteiger partial charge in [0.1, 0.15) is 18.0 Å². The van der Waals surface area contributed by atoms with E-state index in [0.717, 1.165) is 42.0 Å². The van der Waals surface area contributed by atoms with E-state index in [2.05, 4.69) is 48.3 Å². The molecule has 1 aliphatic rings. The van der Waals surface area contributed by atoms with Crippen molar-refractivity contribution < 1.29 is 0 Å². The monoisotopic (exact) mass is 290 g/mol. The van der Waals surface area contributed by atoms with Crippen LogP contribution in [0.5, 0.6) is 0 Å². The van der Waals surface area contributed by atoms with Crippen molar-refractivity contribution in [2.24, 2.45) is 11.8 Å². The molecule has 0 spiro atoms. The number of nitrogens with one attached hydrogen (secondary N) is 2. The lowest BCUT2D eigenvalue weighted by atomic mass is 9.78. The van der Waals surface area contributed by atoms with E-state index in [-0.39, 0.29) is 0 Å². The number of hydrogen-bond acceptors (Lipinski definition) is 4. The van der Waals surface area contributed by atoms with Crippen LogP contribution < -0.4 is 10.6 Å². The molecule has 1 heterocycles. The highest BCUT2D eigenvalue weighted by atomic mass is 15.1. The molecule has 0 radical (unpaired) electrons. The average Bonchev–Trinajstić information content (AvgIpc) is 2.48. The zero-order valence-electron chi connectivity index (χ0n) is 13.9. The highest BCUT2D eigenvalue weighted by Crippen LogP contribution is 2.33. The van der Waals surface area contributed by atoms with Crippen LogP contribution in [0, 0.1) is 18.8 Å². The van der Waals surface area contributed by atoms with Gasteiger partial charge in [0.15, 0.2) is 0 Å². The Morgan fingerprint density at radius 3 is 2.62 bits per heavy atom. The zero-order valence-corrected chi connectivity index (χ0v) is 13.9. The normalized spacial score (nSPS) is 22.3. The lowest BCUT2D eigenvalue weighted by Crippen LogP contribution is -2.35. The number of rotatable bonds is 6. The van der Waals surface area contributed by atoms with Gasteiger partial charge < -0.3 is 10.6 Å². The number of anilines is 2. The first-order valence-electron chi connectivity index (χ1n) is 8.45. The molecule has 0 aliphatic heterocycles. The van der Waals surface area contributed by atoms with Crippen molar-refractivity contribution in [2.45, 2.75) is 65.8 Å². The van der Waals surface area contributed by atoms with Gasteiger partial charge in [-0.05, 0) is 38.0 Å². The summed E-state index contributed by atoms with van der Waals surface area (Å²) in [5.74, 6) is 3.44. The molecular weight excluding hydrogens is 260 g/mol. The van der Waals surface area contributed by atoms with E-state index < -0.39 is 0 Å². The minimum Gasteiger partial charge on any atom is -0.370 e. The molecule has 0 saturated heterocycles. The van der Waals surface area contributed by atoms with Crippen LogP contribution >= 0.6 is 0 Å². The lowest BCUT2D eigenvalue weighted by Gasteiger charge is -2.35. The minimum absolute atomic E-state index is 0.548. The molecule has 1 saturated carbocycles. The van der Waals surface area contributed by atoms with Crippen LogP contribution in [0.2, 0.25) is 0 Å². The largest absolute Gasteiger partial charge is 0.370 e. The van der Waals surface area contributed by atoms with E-state index in [1.54, 1.807) is 6.33 Å². The highest BCUT2D eigenvalue weighted by molar-refractivity contribution is 5.56. The number of hydrogen-bond donors (Lipinski definition) is 2. The standard InChI is InChI=1S/C17H30N4/c1-5-10-18-16-13(4)17(20-11-19-16)21-15-9-7-6-8-14(15)12(2)3/h11-12,14-15H,5-10H2,1-4H3,(H2,18,19,20,21). The molecule has 0 bridgehead atoms. The molecule has 1 aliphatic carbocycles. The van der Waals surface area contributed by atoms with Crippen LogP contribution in [0.25, 0.3) is 0 Å². The molecule has 118 valence electrons. The van der Waals surface area contributed by atoms with Crippen LogP contribution in [0.1, 0.15) is 58.4 Å².